The number of carbonyl (C=O) groups excluding carboxylic acids is 2. The van der Waals surface area contributed by atoms with E-state index in [9.17, 15) is 14.4 Å². The van der Waals surface area contributed by atoms with E-state index in [0.29, 0.717) is 19.5 Å². The van der Waals surface area contributed by atoms with Crippen LogP contribution in [0, 0.1) is 0 Å². The first-order valence-corrected chi connectivity index (χ1v) is 10.5. The zero-order valence-corrected chi connectivity index (χ0v) is 19.0. The van der Waals surface area contributed by atoms with E-state index in [1.807, 2.05) is 39.0 Å². The fourth-order valence-corrected chi connectivity index (χ4v) is 2.89. The normalized spacial score (nSPS) is 15.4. The van der Waals surface area contributed by atoms with Gasteiger partial charge in [0.1, 0.15) is 12.1 Å². The van der Waals surface area contributed by atoms with Gasteiger partial charge in [-0.25, -0.2) is 9.78 Å². The number of nitrogens with one attached hydrogen (secondary N) is 1. The van der Waals surface area contributed by atoms with Gasteiger partial charge >= 0.3 is 12.1 Å². The topological polar surface area (TPSA) is 116 Å². The predicted octanol–water partition coefficient (Wildman–Crippen LogP) is 2.31. The summed E-state index contributed by atoms with van der Waals surface area (Å²) in [5, 5.41) is 3.06. The molecule has 1 saturated heterocycles. The van der Waals surface area contributed by atoms with Crippen molar-refractivity contribution < 1.29 is 19.1 Å². The first kappa shape index (κ1) is 24.8. The summed E-state index contributed by atoms with van der Waals surface area (Å²) < 4.78 is 11.5. The molecule has 1 atom stereocenters. The molecule has 10 nitrogen and oxygen atoms in total. The molecule has 1 aliphatic rings. The zero-order valence-electron chi connectivity index (χ0n) is 19.0. The minimum Gasteiger partial charge on any atom is -0.465 e. The number of rotatable bonds is 5. The van der Waals surface area contributed by atoms with Crippen molar-refractivity contribution in [2.75, 3.05) is 25.0 Å². The summed E-state index contributed by atoms with van der Waals surface area (Å²) >= 11 is 0. The maximum atomic E-state index is 12.4. The fraction of sp³-hybridized carbons (Fsp3) is 0.500. The van der Waals surface area contributed by atoms with Gasteiger partial charge in [0.25, 0.3) is 5.56 Å². The average molecular weight is 446 g/mol. The number of aromatic nitrogens is 3. The van der Waals surface area contributed by atoms with Gasteiger partial charge in [0.05, 0.1) is 6.61 Å². The van der Waals surface area contributed by atoms with Crippen LogP contribution >= 0.6 is 0 Å². The highest BCUT2D eigenvalue weighted by Gasteiger charge is 2.30. The second-order valence-electron chi connectivity index (χ2n) is 8.09. The van der Waals surface area contributed by atoms with Crippen LogP contribution in [0.3, 0.4) is 0 Å². The first-order valence-electron chi connectivity index (χ1n) is 10.5. The molecule has 3 rings (SSSR count). The van der Waals surface area contributed by atoms with Gasteiger partial charge in [0, 0.05) is 43.9 Å². The first-order chi connectivity index (χ1) is 15.2. The molecule has 0 saturated carbocycles. The molecule has 174 valence electrons. The molecule has 0 unspecified atom stereocenters. The van der Waals surface area contributed by atoms with Gasteiger partial charge in [-0.15, -0.1) is 0 Å². The number of carbonyl (C=O) groups is 2. The quantitative estimate of drug-likeness (QED) is 0.697. The van der Waals surface area contributed by atoms with Crippen LogP contribution < -0.4 is 10.9 Å². The third-order valence-corrected chi connectivity index (χ3v) is 4.27. The molecular weight excluding hydrogens is 414 g/mol. The molecule has 0 spiro atoms. The number of pyridine rings is 1. The molecule has 0 aliphatic carbocycles. The highest BCUT2D eigenvalue weighted by Crippen LogP contribution is 2.17. The van der Waals surface area contributed by atoms with E-state index in [-0.39, 0.29) is 31.1 Å². The van der Waals surface area contributed by atoms with Gasteiger partial charge in [0.15, 0.2) is 5.82 Å². The summed E-state index contributed by atoms with van der Waals surface area (Å²) in [5.41, 5.74) is -0.957. The maximum Gasteiger partial charge on any atom is 0.410 e. The van der Waals surface area contributed by atoms with Crippen molar-refractivity contribution in [3.63, 3.8) is 0 Å². The van der Waals surface area contributed by atoms with Gasteiger partial charge in [-0.3, -0.25) is 19.1 Å². The van der Waals surface area contributed by atoms with Crippen LogP contribution in [0.1, 0.15) is 34.1 Å². The Labute approximate surface area is 187 Å². The molecule has 1 amide bonds. The number of nitrogens with zero attached hydrogens (tertiary/aromatic N) is 4. The predicted molar refractivity (Wildman–Crippen MR) is 119 cm³/mol. The van der Waals surface area contributed by atoms with Crippen molar-refractivity contribution in [2.24, 2.45) is 0 Å². The highest BCUT2D eigenvalue weighted by atomic mass is 16.6. The molecule has 2 aromatic rings. The molecule has 1 N–H and O–H groups in total. The summed E-state index contributed by atoms with van der Waals surface area (Å²) in [6, 6.07) is 5.61. The summed E-state index contributed by atoms with van der Waals surface area (Å²) in [7, 11) is 0. The van der Waals surface area contributed by atoms with E-state index < -0.39 is 17.1 Å². The Morgan fingerprint density at radius 1 is 1.19 bits per heavy atom. The third kappa shape index (κ3) is 8.37. The Hall–Kier alpha value is -3.43. The largest absolute Gasteiger partial charge is 0.465 e. The lowest BCUT2D eigenvalue weighted by Crippen LogP contribution is -2.37. The Bertz CT molecular complexity index is 900. The minimum atomic E-state index is -0.551. The van der Waals surface area contributed by atoms with Crippen molar-refractivity contribution in [1.82, 2.24) is 19.4 Å². The lowest BCUT2D eigenvalue weighted by atomic mass is 10.2. The van der Waals surface area contributed by atoms with Gasteiger partial charge in [0.2, 0.25) is 0 Å². The summed E-state index contributed by atoms with van der Waals surface area (Å²) in [5.74, 6) is -0.337. The summed E-state index contributed by atoms with van der Waals surface area (Å²) in [4.78, 5) is 45.5. The maximum absolute atomic E-state index is 12.4. The van der Waals surface area contributed by atoms with Gasteiger partial charge in [-0.05, 0) is 46.2 Å². The smallest absolute Gasteiger partial charge is 0.410 e. The van der Waals surface area contributed by atoms with Crippen molar-refractivity contribution in [1.29, 1.82) is 0 Å². The number of esters is 1. The Balaban J connectivity index is 0.000000520. The van der Waals surface area contributed by atoms with Gasteiger partial charge in [-0.2, -0.15) is 0 Å². The standard InChI is InChI=1S/C17H26N4O5.C5H5N/c1-5-25-13(22)11-20-9-7-18-14(15(20)23)19-12-6-8-21(10-12)16(24)26-17(2,3)4;1-2-4-6-5-3-1/h7,9,12H,5-6,8,10-11H2,1-4H3,(H,18,19);1-5H/t12-;/m0./s1. The summed E-state index contributed by atoms with van der Waals surface area (Å²) in [6.07, 6.45) is 6.69. The number of ether oxygens (including phenoxy) is 2. The molecule has 0 bridgehead atoms. The van der Waals surface area contributed by atoms with Crippen molar-refractivity contribution in [2.45, 2.75) is 52.3 Å². The fourth-order valence-electron chi connectivity index (χ4n) is 2.89. The van der Waals surface area contributed by atoms with Gasteiger partial charge in [-0.1, -0.05) is 6.07 Å². The highest BCUT2D eigenvalue weighted by molar-refractivity contribution is 5.69. The Morgan fingerprint density at radius 3 is 2.47 bits per heavy atom. The number of amides is 1. The van der Waals surface area contributed by atoms with Crippen LogP contribution in [0.2, 0.25) is 0 Å². The average Bonchev–Trinajstić information content (AvgIpc) is 3.21. The van der Waals surface area contributed by atoms with Crippen molar-refractivity contribution >= 4 is 17.9 Å². The van der Waals surface area contributed by atoms with Crippen LogP contribution in [0.15, 0.2) is 47.8 Å². The minimum absolute atomic E-state index is 0.110. The zero-order chi connectivity index (χ0) is 23.6. The molecule has 3 heterocycles. The lowest BCUT2D eigenvalue weighted by Gasteiger charge is -2.24. The Kier molecular flexibility index (Phi) is 9.18. The number of hydrogen-bond acceptors (Lipinski definition) is 8. The van der Waals surface area contributed by atoms with Crippen molar-refractivity contribution in [3.8, 4) is 0 Å². The summed E-state index contributed by atoms with van der Waals surface area (Å²) in [6.45, 7) is 8.20. The Morgan fingerprint density at radius 2 is 1.91 bits per heavy atom. The second kappa shape index (κ2) is 11.8. The molecule has 32 heavy (non-hydrogen) atoms. The van der Waals surface area contributed by atoms with E-state index in [4.69, 9.17) is 9.47 Å². The monoisotopic (exact) mass is 445 g/mol. The van der Waals surface area contributed by atoms with E-state index in [2.05, 4.69) is 15.3 Å². The number of anilines is 1. The number of hydrogen-bond donors (Lipinski definition) is 1. The van der Waals surface area contributed by atoms with Crippen LogP contribution in [0.4, 0.5) is 10.6 Å². The van der Waals surface area contributed by atoms with E-state index >= 15 is 0 Å². The molecular formula is C22H31N5O5. The molecule has 10 heteroatoms. The molecule has 1 fully saturated rings. The molecule has 0 aromatic carbocycles. The van der Waals surface area contributed by atoms with E-state index in [1.165, 1.54) is 17.0 Å². The van der Waals surface area contributed by atoms with Crippen LogP contribution in [0.5, 0.6) is 0 Å². The van der Waals surface area contributed by atoms with E-state index in [1.54, 1.807) is 24.2 Å². The van der Waals surface area contributed by atoms with E-state index in [0.717, 1.165) is 0 Å². The van der Waals surface area contributed by atoms with Crippen molar-refractivity contribution in [3.05, 3.63) is 53.3 Å². The van der Waals surface area contributed by atoms with Crippen LogP contribution in [-0.4, -0.2) is 62.8 Å². The SMILES string of the molecule is CCOC(=O)Cn1ccnc(N[C@H]2CCN(C(=O)OC(C)(C)C)C2)c1=O.c1ccncc1. The molecule has 1 aliphatic heterocycles. The second-order valence-corrected chi connectivity index (χ2v) is 8.09. The van der Waals surface area contributed by atoms with Gasteiger partial charge < -0.3 is 19.7 Å². The van der Waals surface area contributed by atoms with Crippen LogP contribution in [0.25, 0.3) is 0 Å². The number of likely N-dealkylation sites (tertiary alicyclic amines) is 1. The molecule has 0 radical (unpaired) electrons. The van der Waals surface area contributed by atoms with Crippen LogP contribution in [-0.2, 0) is 20.8 Å². The molecule has 2 aromatic heterocycles. The lowest BCUT2D eigenvalue weighted by molar-refractivity contribution is -0.143. The third-order valence-electron chi connectivity index (χ3n) is 4.27.